The predicted molar refractivity (Wildman–Crippen MR) is 111 cm³/mol. The van der Waals surface area contributed by atoms with Crippen molar-refractivity contribution in [2.24, 2.45) is 0 Å². The fourth-order valence-corrected chi connectivity index (χ4v) is 3.86. The lowest BCUT2D eigenvalue weighted by molar-refractivity contribution is -0.144. The van der Waals surface area contributed by atoms with Crippen LogP contribution in [0.3, 0.4) is 0 Å². The minimum absolute atomic E-state index is 0.0333. The van der Waals surface area contributed by atoms with Crippen molar-refractivity contribution in [3.05, 3.63) is 64.3 Å². The molecule has 3 aromatic rings. The highest BCUT2D eigenvalue weighted by atomic mass is 35.5. The Kier molecular flexibility index (Phi) is 6.85. The normalized spacial score (nSPS) is 11.9. The van der Waals surface area contributed by atoms with Crippen LogP contribution < -0.4 is 0 Å². The Hall–Kier alpha value is -3.30. The molecule has 0 aliphatic rings. The Morgan fingerprint density at radius 3 is 2.55 bits per heavy atom. The molecule has 1 aromatic carbocycles. The topological polar surface area (TPSA) is 119 Å². The molecule has 0 N–H and O–H groups in total. The van der Waals surface area contributed by atoms with E-state index in [-0.39, 0.29) is 51.9 Å². The number of alkyl halides is 3. The summed E-state index contributed by atoms with van der Waals surface area (Å²) >= 11 is 5.91. The van der Waals surface area contributed by atoms with Gasteiger partial charge in [-0.1, -0.05) is 11.6 Å². The highest BCUT2D eigenvalue weighted by Gasteiger charge is 2.37. The van der Waals surface area contributed by atoms with E-state index in [0.717, 1.165) is 10.9 Å². The van der Waals surface area contributed by atoms with E-state index in [1.165, 1.54) is 36.5 Å². The van der Waals surface area contributed by atoms with Crippen molar-refractivity contribution in [1.29, 1.82) is 5.26 Å². The Balaban J connectivity index is 1.81. The first kappa shape index (κ1) is 24.3. The minimum Gasteiger partial charge on any atom is -0.294 e. The van der Waals surface area contributed by atoms with Gasteiger partial charge in [0.2, 0.25) is 0 Å². The third-order valence-electron chi connectivity index (χ3n) is 4.45. The number of aryl methyl sites for hydroxylation is 1. The molecule has 8 nitrogen and oxygen atoms in total. The number of hydrogen-bond acceptors (Lipinski definition) is 7. The smallest absolute Gasteiger partial charge is 0.294 e. The maximum Gasteiger partial charge on any atom is 0.453 e. The van der Waals surface area contributed by atoms with E-state index in [9.17, 15) is 26.4 Å². The van der Waals surface area contributed by atoms with E-state index in [4.69, 9.17) is 16.9 Å². The van der Waals surface area contributed by atoms with Crippen LogP contribution in [0.4, 0.5) is 13.2 Å². The average Bonchev–Trinajstić information content (AvgIpc) is 3.17. The maximum absolute atomic E-state index is 13.1. The van der Waals surface area contributed by atoms with Crippen LogP contribution in [-0.4, -0.2) is 40.2 Å². The summed E-state index contributed by atoms with van der Waals surface area (Å²) < 4.78 is 63.8. The van der Waals surface area contributed by atoms with Gasteiger partial charge in [0, 0.05) is 35.9 Å². The van der Waals surface area contributed by atoms with Crippen molar-refractivity contribution in [3.8, 4) is 11.9 Å². The van der Waals surface area contributed by atoms with Gasteiger partial charge in [-0.05, 0) is 36.8 Å². The van der Waals surface area contributed by atoms with E-state index in [1.807, 2.05) is 6.07 Å². The Morgan fingerprint density at radius 1 is 1.24 bits per heavy atom. The molecule has 0 unspecified atom stereocenters. The van der Waals surface area contributed by atoms with Gasteiger partial charge in [-0.25, -0.2) is 18.4 Å². The number of nitrogens with zero attached hydrogens (tertiary/aromatic N) is 5. The van der Waals surface area contributed by atoms with Gasteiger partial charge < -0.3 is 0 Å². The van der Waals surface area contributed by atoms with Crippen LogP contribution >= 0.6 is 11.6 Å². The van der Waals surface area contributed by atoms with Crippen LogP contribution in [0.2, 0.25) is 5.02 Å². The summed E-state index contributed by atoms with van der Waals surface area (Å²) in [6, 6.07) is 8.32. The summed E-state index contributed by atoms with van der Waals surface area (Å²) in [6.45, 7) is 0. The standard InChI is InChI=1S/C20H15ClF3N5O3S/c1-33(31,32)15-8-13(7-14(21)9-15)16(30)3-2-4-18-27-19(20(22,23)24)28-29(18)17-6-5-12(10-25)11-26-17/h5-9,11H,2-4H2,1H3. The molecule has 2 heterocycles. The summed E-state index contributed by atoms with van der Waals surface area (Å²) in [5, 5.41) is 12.4. The number of carbonyl (C=O) groups is 1. The monoisotopic (exact) mass is 497 g/mol. The zero-order chi connectivity index (χ0) is 24.4. The molecule has 0 bridgehead atoms. The molecule has 0 aliphatic heterocycles. The van der Waals surface area contributed by atoms with Gasteiger partial charge in [0.1, 0.15) is 11.9 Å². The number of aromatic nitrogens is 4. The SMILES string of the molecule is CS(=O)(=O)c1cc(Cl)cc(C(=O)CCCc2nc(C(F)(F)F)nn2-c2ccc(C#N)cn2)c1. The molecule has 2 aromatic heterocycles. The van der Waals surface area contributed by atoms with Crippen LogP contribution in [0.25, 0.3) is 5.82 Å². The van der Waals surface area contributed by atoms with Crippen LogP contribution in [0.15, 0.2) is 41.4 Å². The molecular formula is C20H15ClF3N5O3S. The summed E-state index contributed by atoms with van der Waals surface area (Å²) in [5.41, 5.74) is 0.297. The number of benzene rings is 1. The van der Waals surface area contributed by atoms with Crippen molar-refractivity contribution in [2.75, 3.05) is 6.26 Å². The van der Waals surface area contributed by atoms with Gasteiger partial charge >= 0.3 is 6.18 Å². The Morgan fingerprint density at radius 2 is 1.97 bits per heavy atom. The number of rotatable bonds is 7. The molecular weight excluding hydrogens is 483 g/mol. The quantitative estimate of drug-likeness (QED) is 0.455. The first-order valence-corrected chi connectivity index (χ1v) is 11.6. The molecule has 0 amide bonds. The van der Waals surface area contributed by atoms with Gasteiger partial charge in [0.25, 0.3) is 5.82 Å². The summed E-state index contributed by atoms with van der Waals surface area (Å²) in [4.78, 5) is 19.9. The van der Waals surface area contributed by atoms with Crippen molar-refractivity contribution in [2.45, 2.75) is 30.3 Å². The first-order valence-electron chi connectivity index (χ1n) is 9.32. The second-order valence-electron chi connectivity index (χ2n) is 7.00. The number of carbonyl (C=O) groups excluding carboxylic acids is 1. The van der Waals surface area contributed by atoms with Gasteiger partial charge in [-0.2, -0.15) is 23.1 Å². The third kappa shape index (κ3) is 5.94. The zero-order valence-electron chi connectivity index (χ0n) is 17.0. The molecule has 172 valence electrons. The molecule has 0 spiro atoms. The summed E-state index contributed by atoms with van der Waals surface area (Å²) in [7, 11) is -3.59. The van der Waals surface area contributed by atoms with Crippen LogP contribution in [-0.2, 0) is 22.4 Å². The second-order valence-corrected chi connectivity index (χ2v) is 9.45. The highest BCUT2D eigenvalue weighted by Crippen LogP contribution is 2.27. The lowest BCUT2D eigenvalue weighted by Gasteiger charge is -2.06. The number of nitriles is 1. The molecule has 0 aliphatic carbocycles. The Labute approximate surface area is 191 Å². The molecule has 0 atom stereocenters. The van der Waals surface area contributed by atoms with Crippen LogP contribution in [0, 0.1) is 11.3 Å². The predicted octanol–water partition coefficient (Wildman–Crippen LogP) is 3.82. The second kappa shape index (κ2) is 9.29. The fourth-order valence-electron chi connectivity index (χ4n) is 2.88. The van der Waals surface area contributed by atoms with E-state index < -0.39 is 27.6 Å². The van der Waals surface area contributed by atoms with Crippen LogP contribution in [0.5, 0.6) is 0 Å². The fraction of sp³-hybridized carbons (Fsp3) is 0.250. The molecule has 0 saturated heterocycles. The highest BCUT2D eigenvalue weighted by molar-refractivity contribution is 7.90. The lowest BCUT2D eigenvalue weighted by Crippen LogP contribution is -2.09. The number of Topliss-reactive ketones (excluding diaryl/α,β-unsaturated/α-hetero) is 1. The first-order chi connectivity index (χ1) is 15.4. The third-order valence-corrected chi connectivity index (χ3v) is 5.76. The number of sulfone groups is 1. The van der Waals surface area contributed by atoms with E-state index in [1.54, 1.807) is 0 Å². The van der Waals surface area contributed by atoms with Crippen molar-refractivity contribution < 1.29 is 26.4 Å². The summed E-state index contributed by atoms with van der Waals surface area (Å²) in [5.74, 6) is -1.83. The number of ketones is 1. The molecule has 0 saturated carbocycles. The number of pyridine rings is 1. The molecule has 33 heavy (non-hydrogen) atoms. The molecule has 3 rings (SSSR count). The molecule has 0 fully saturated rings. The Bertz CT molecular complexity index is 1350. The van der Waals surface area contributed by atoms with Gasteiger partial charge in [-0.3, -0.25) is 4.79 Å². The lowest BCUT2D eigenvalue weighted by atomic mass is 10.1. The van der Waals surface area contributed by atoms with Crippen LogP contribution in [0.1, 0.15) is 40.4 Å². The largest absolute Gasteiger partial charge is 0.453 e. The zero-order valence-corrected chi connectivity index (χ0v) is 18.5. The van der Waals surface area contributed by atoms with Gasteiger partial charge in [0.05, 0.1) is 10.5 Å². The maximum atomic E-state index is 13.1. The number of hydrogen-bond donors (Lipinski definition) is 0. The number of halogens is 4. The minimum atomic E-state index is -4.79. The van der Waals surface area contributed by atoms with Gasteiger partial charge in [-0.15, -0.1) is 5.10 Å². The molecule has 13 heteroatoms. The van der Waals surface area contributed by atoms with E-state index in [0.29, 0.717) is 0 Å². The van der Waals surface area contributed by atoms with Gasteiger partial charge in [0.15, 0.2) is 21.4 Å². The van der Waals surface area contributed by atoms with Crippen molar-refractivity contribution in [3.63, 3.8) is 0 Å². The molecule has 0 radical (unpaired) electrons. The van der Waals surface area contributed by atoms with E-state index in [2.05, 4.69) is 15.1 Å². The van der Waals surface area contributed by atoms with E-state index >= 15 is 0 Å². The average molecular weight is 498 g/mol. The van der Waals surface area contributed by atoms with Crippen molar-refractivity contribution >= 4 is 27.2 Å². The van der Waals surface area contributed by atoms with Crippen molar-refractivity contribution in [1.82, 2.24) is 19.7 Å². The summed E-state index contributed by atoms with van der Waals surface area (Å²) in [6.07, 6.45) is -2.66.